The number of halogens is 3. The normalized spacial score (nSPS) is 20.6. The number of hydrogen-bond donors (Lipinski definition) is 0. The average Bonchev–Trinajstić information content (AvgIpc) is 3.29. The highest BCUT2D eigenvalue weighted by Gasteiger charge is 2.44. The van der Waals surface area contributed by atoms with Gasteiger partial charge >= 0.3 is 5.97 Å². The van der Waals surface area contributed by atoms with Crippen LogP contribution in [0.25, 0.3) is 5.57 Å². The molecule has 37 heavy (non-hydrogen) atoms. The van der Waals surface area contributed by atoms with E-state index in [0.29, 0.717) is 43.2 Å². The van der Waals surface area contributed by atoms with Crippen molar-refractivity contribution in [2.24, 2.45) is 5.92 Å². The zero-order valence-electron chi connectivity index (χ0n) is 21.7. The van der Waals surface area contributed by atoms with E-state index in [-0.39, 0.29) is 29.8 Å². The van der Waals surface area contributed by atoms with Crippen molar-refractivity contribution >= 4 is 29.1 Å². The van der Waals surface area contributed by atoms with Crippen molar-refractivity contribution in [3.63, 3.8) is 0 Å². The van der Waals surface area contributed by atoms with Gasteiger partial charge in [0.2, 0.25) is 5.91 Å². The third-order valence-electron chi connectivity index (χ3n) is 7.44. The summed E-state index contributed by atoms with van der Waals surface area (Å²) in [5.74, 6) is -2.40. The van der Waals surface area contributed by atoms with E-state index in [1.165, 1.54) is 19.2 Å². The molecule has 1 saturated heterocycles. The number of carbonyl (C=O) groups is 2. The maximum atomic E-state index is 14.8. The van der Waals surface area contributed by atoms with Crippen LogP contribution in [0, 0.1) is 17.6 Å². The summed E-state index contributed by atoms with van der Waals surface area (Å²) < 4.78 is 33.2. The molecule has 0 saturated carbocycles. The topological polar surface area (TPSA) is 49.9 Å². The molecule has 4 rings (SSSR count). The van der Waals surface area contributed by atoms with Crippen LogP contribution in [0.1, 0.15) is 49.8 Å². The van der Waals surface area contributed by atoms with Crippen LogP contribution in [0.3, 0.4) is 0 Å². The number of rotatable bonds is 5. The molecule has 0 N–H and O–H groups in total. The Morgan fingerprint density at radius 2 is 1.86 bits per heavy atom. The van der Waals surface area contributed by atoms with E-state index >= 15 is 0 Å². The van der Waals surface area contributed by atoms with Crippen LogP contribution < -0.4 is 0 Å². The third kappa shape index (κ3) is 6.04. The molecule has 0 spiro atoms. The fourth-order valence-electron chi connectivity index (χ4n) is 5.32. The van der Waals surface area contributed by atoms with Crippen molar-refractivity contribution < 1.29 is 23.1 Å². The zero-order valence-corrected chi connectivity index (χ0v) is 22.4. The summed E-state index contributed by atoms with van der Waals surface area (Å²) in [6, 6.07) is 9.08. The first kappa shape index (κ1) is 27.3. The minimum atomic E-state index is -0.628. The van der Waals surface area contributed by atoms with Crippen LogP contribution in [0.15, 0.2) is 42.5 Å². The molecule has 8 heteroatoms. The molecule has 0 radical (unpaired) electrons. The number of amides is 1. The summed E-state index contributed by atoms with van der Waals surface area (Å²) in [5.41, 5.74) is 2.95. The minimum Gasteiger partial charge on any atom is -0.469 e. The second-order valence-electron chi connectivity index (χ2n) is 10.8. The number of ether oxygens (including phenoxy) is 1. The Bertz CT molecular complexity index is 1220. The fraction of sp³-hybridized carbons (Fsp3) is 0.448. The van der Waals surface area contributed by atoms with Crippen LogP contribution in [-0.2, 0) is 20.7 Å². The predicted octanol–water partition coefficient (Wildman–Crippen LogP) is 5.46. The largest absolute Gasteiger partial charge is 0.469 e. The van der Waals surface area contributed by atoms with Crippen LogP contribution in [0.5, 0.6) is 0 Å². The Kier molecular flexibility index (Phi) is 8.05. The third-order valence-corrected chi connectivity index (χ3v) is 7.68. The molecule has 0 aliphatic carbocycles. The molecule has 2 heterocycles. The van der Waals surface area contributed by atoms with Crippen molar-refractivity contribution in [2.75, 3.05) is 33.3 Å². The summed E-state index contributed by atoms with van der Waals surface area (Å²) in [6.07, 6.45) is 2.74. The molecule has 5 nitrogen and oxygen atoms in total. The summed E-state index contributed by atoms with van der Waals surface area (Å²) in [6.45, 7) is 8.19. The standard InChI is InChI=1S/C29H33ClF2N2O3/c1-29(2,3)34-16-24(23-8-6-21(31)15-26(23)32)25(17-34)28(36)33-11-9-18(10-12-33)22-7-5-20(30)13-19(22)14-27(35)37-4/h5-9,13,15,24-25H,10-12,14,16-17H2,1-4H3/t24-,25+/m0/s1. The van der Waals surface area contributed by atoms with E-state index in [0.717, 1.165) is 22.8 Å². The maximum absolute atomic E-state index is 14.8. The Morgan fingerprint density at radius 1 is 1.11 bits per heavy atom. The lowest BCUT2D eigenvalue weighted by Gasteiger charge is -2.33. The number of hydrogen-bond acceptors (Lipinski definition) is 4. The highest BCUT2D eigenvalue weighted by Crippen LogP contribution is 2.39. The lowest BCUT2D eigenvalue weighted by molar-refractivity contribution is -0.139. The van der Waals surface area contributed by atoms with Crippen molar-refractivity contribution in [1.29, 1.82) is 0 Å². The molecule has 2 atom stereocenters. The van der Waals surface area contributed by atoms with Crippen LogP contribution in [0.2, 0.25) is 5.02 Å². The highest BCUT2D eigenvalue weighted by molar-refractivity contribution is 6.30. The highest BCUT2D eigenvalue weighted by atomic mass is 35.5. The number of benzene rings is 2. The van der Waals surface area contributed by atoms with E-state index in [2.05, 4.69) is 25.7 Å². The van der Waals surface area contributed by atoms with E-state index in [1.54, 1.807) is 12.1 Å². The molecule has 198 valence electrons. The second-order valence-corrected chi connectivity index (χ2v) is 11.2. The second kappa shape index (κ2) is 10.9. The predicted molar refractivity (Wildman–Crippen MR) is 140 cm³/mol. The van der Waals surface area contributed by atoms with Gasteiger partial charge in [0.1, 0.15) is 11.6 Å². The van der Waals surface area contributed by atoms with Gasteiger partial charge < -0.3 is 9.64 Å². The van der Waals surface area contributed by atoms with Gasteiger partial charge in [-0.2, -0.15) is 0 Å². The van der Waals surface area contributed by atoms with Crippen molar-refractivity contribution in [3.8, 4) is 0 Å². The first-order valence-corrected chi connectivity index (χ1v) is 12.9. The summed E-state index contributed by atoms with van der Waals surface area (Å²) in [4.78, 5) is 29.7. The molecular formula is C29H33ClF2N2O3. The van der Waals surface area contributed by atoms with Crippen LogP contribution >= 0.6 is 11.6 Å². The Hall–Kier alpha value is -2.77. The van der Waals surface area contributed by atoms with Gasteiger partial charge in [-0.25, -0.2) is 8.78 Å². The van der Waals surface area contributed by atoms with Gasteiger partial charge in [-0.05, 0) is 67.7 Å². The molecular weight excluding hydrogens is 498 g/mol. The van der Waals surface area contributed by atoms with Crippen molar-refractivity contribution in [1.82, 2.24) is 9.80 Å². The van der Waals surface area contributed by atoms with Crippen LogP contribution in [0.4, 0.5) is 8.78 Å². The first-order chi connectivity index (χ1) is 17.5. The molecule has 0 bridgehead atoms. The van der Waals surface area contributed by atoms with E-state index in [4.69, 9.17) is 16.3 Å². The monoisotopic (exact) mass is 530 g/mol. The van der Waals surface area contributed by atoms with Crippen molar-refractivity contribution in [3.05, 3.63) is 75.8 Å². The number of carbonyl (C=O) groups excluding carboxylic acids is 2. The lowest BCUT2D eigenvalue weighted by Crippen LogP contribution is -2.43. The van der Waals surface area contributed by atoms with Gasteiger partial charge in [0.15, 0.2) is 0 Å². The maximum Gasteiger partial charge on any atom is 0.310 e. The van der Waals surface area contributed by atoms with Gasteiger partial charge in [-0.15, -0.1) is 0 Å². The van der Waals surface area contributed by atoms with Crippen molar-refractivity contribution in [2.45, 2.75) is 45.1 Å². The lowest BCUT2D eigenvalue weighted by atomic mass is 9.87. The molecule has 2 aromatic rings. The number of methoxy groups -OCH3 is 1. The van der Waals surface area contributed by atoms with E-state index < -0.39 is 17.6 Å². The molecule has 2 aliphatic rings. The van der Waals surface area contributed by atoms with Crippen LogP contribution in [-0.4, -0.2) is 60.5 Å². The quantitative estimate of drug-likeness (QED) is 0.481. The smallest absolute Gasteiger partial charge is 0.310 e. The zero-order chi connectivity index (χ0) is 26.9. The minimum absolute atomic E-state index is 0.0262. The Morgan fingerprint density at radius 3 is 2.49 bits per heavy atom. The summed E-state index contributed by atoms with van der Waals surface area (Å²) in [7, 11) is 1.35. The number of likely N-dealkylation sites (tertiary alicyclic amines) is 1. The van der Waals surface area contributed by atoms with Gasteiger partial charge in [-0.1, -0.05) is 29.8 Å². The molecule has 0 aromatic heterocycles. The average molecular weight is 531 g/mol. The Labute approximate surface area is 222 Å². The summed E-state index contributed by atoms with van der Waals surface area (Å²) >= 11 is 6.17. The molecule has 2 aromatic carbocycles. The molecule has 1 fully saturated rings. The molecule has 0 unspecified atom stereocenters. The molecule has 1 amide bonds. The number of esters is 1. The molecule has 2 aliphatic heterocycles. The number of nitrogens with zero attached hydrogens (tertiary/aromatic N) is 2. The van der Waals surface area contributed by atoms with Gasteiger partial charge in [-0.3, -0.25) is 14.5 Å². The first-order valence-electron chi connectivity index (χ1n) is 12.5. The Balaban J connectivity index is 1.56. The van der Waals surface area contributed by atoms with E-state index in [1.807, 2.05) is 17.0 Å². The van der Waals surface area contributed by atoms with Gasteiger partial charge in [0.25, 0.3) is 0 Å². The summed E-state index contributed by atoms with van der Waals surface area (Å²) in [5, 5.41) is 0.541. The van der Waals surface area contributed by atoms with Gasteiger partial charge in [0, 0.05) is 48.7 Å². The SMILES string of the molecule is COC(=O)Cc1cc(Cl)ccc1C1=CCN(C(=O)[C@@H]2CN(C(C)(C)C)C[C@H]2c2ccc(F)cc2F)CC1. The van der Waals surface area contributed by atoms with E-state index in [9.17, 15) is 18.4 Å². The van der Waals surface area contributed by atoms with Gasteiger partial charge in [0.05, 0.1) is 19.4 Å². The fourth-order valence-corrected chi connectivity index (χ4v) is 5.51.